The summed E-state index contributed by atoms with van der Waals surface area (Å²) in [7, 11) is 0. The number of nitrogens with zero attached hydrogens (tertiary/aromatic N) is 3. The number of hydrogen-bond acceptors (Lipinski definition) is 6. The topological polar surface area (TPSA) is 88.7 Å². The van der Waals surface area contributed by atoms with Gasteiger partial charge in [-0.15, -0.1) is 0 Å². The number of aryl methyl sites for hydroxylation is 1. The van der Waals surface area contributed by atoms with E-state index in [4.69, 9.17) is 9.26 Å². The average Bonchev–Trinajstić information content (AvgIpc) is 3.05. The summed E-state index contributed by atoms with van der Waals surface area (Å²) in [5.41, 5.74) is 0. The lowest BCUT2D eigenvalue weighted by Crippen LogP contribution is -2.42. The van der Waals surface area contributed by atoms with Crippen LogP contribution in [-0.4, -0.2) is 51.9 Å². The van der Waals surface area contributed by atoms with Gasteiger partial charge >= 0.3 is 5.97 Å². The maximum atomic E-state index is 11.2. The van der Waals surface area contributed by atoms with E-state index in [2.05, 4.69) is 17.1 Å². The van der Waals surface area contributed by atoms with Gasteiger partial charge in [0.15, 0.2) is 5.82 Å². The largest absolute Gasteiger partial charge is 0.481 e. The highest BCUT2D eigenvalue weighted by molar-refractivity contribution is 5.71. The molecule has 1 aromatic heterocycles. The molecule has 0 bridgehead atoms. The maximum absolute atomic E-state index is 11.2. The van der Waals surface area contributed by atoms with Gasteiger partial charge in [-0.25, -0.2) is 0 Å². The SMILES string of the molecule is CCCc1nc(CN(CC)C2COCC2C(=O)O)no1. The van der Waals surface area contributed by atoms with Crippen LogP contribution in [0.4, 0.5) is 0 Å². The van der Waals surface area contributed by atoms with Crippen LogP contribution in [0.3, 0.4) is 0 Å². The molecule has 0 radical (unpaired) electrons. The van der Waals surface area contributed by atoms with Crippen molar-refractivity contribution in [3.05, 3.63) is 11.7 Å². The molecule has 0 saturated carbocycles. The first-order valence-corrected chi connectivity index (χ1v) is 7.01. The molecule has 2 atom stereocenters. The molecule has 0 spiro atoms. The van der Waals surface area contributed by atoms with Gasteiger partial charge in [0.25, 0.3) is 0 Å². The van der Waals surface area contributed by atoms with E-state index in [1.54, 1.807) is 0 Å². The van der Waals surface area contributed by atoms with Gasteiger partial charge in [0, 0.05) is 12.5 Å². The van der Waals surface area contributed by atoms with Crippen LogP contribution in [0.1, 0.15) is 32.0 Å². The van der Waals surface area contributed by atoms with E-state index in [1.807, 2.05) is 11.8 Å². The molecule has 7 nitrogen and oxygen atoms in total. The highest BCUT2D eigenvalue weighted by Gasteiger charge is 2.37. The van der Waals surface area contributed by atoms with Gasteiger partial charge in [-0.3, -0.25) is 9.69 Å². The first kappa shape index (κ1) is 14.9. The Bertz CT molecular complexity index is 449. The Labute approximate surface area is 117 Å². The minimum Gasteiger partial charge on any atom is -0.481 e. The summed E-state index contributed by atoms with van der Waals surface area (Å²) >= 11 is 0. The van der Waals surface area contributed by atoms with E-state index in [9.17, 15) is 9.90 Å². The van der Waals surface area contributed by atoms with Gasteiger partial charge < -0.3 is 14.4 Å². The van der Waals surface area contributed by atoms with Gasteiger partial charge in [0.05, 0.1) is 25.7 Å². The fourth-order valence-electron chi connectivity index (χ4n) is 2.45. The molecule has 0 aliphatic carbocycles. The maximum Gasteiger partial charge on any atom is 0.310 e. The Hall–Kier alpha value is -1.47. The van der Waals surface area contributed by atoms with Crippen LogP contribution in [-0.2, 0) is 22.5 Å². The third-order valence-corrected chi connectivity index (χ3v) is 3.56. The molecule has 0 amide bonds. The van der Waals surface area contributed by atoms with Crippen molar-refractivity contribution in [3.8, 4) is 0 Å². The second-order valence-electron chi connectivity index (χ2n) is 4.97. The van der Waals surface area contributed by atoms with Crippen molar-refractivity contribution in [2.45, 2.75) is 39.3 Å². The summed E-state index contributed by atoms with van der Waals surface area (Å²) in [5.74, 6) is -0.0648. The lowest BCUT2D eigenvalue weighted by atomic mass is 10.0. The summed E-state index contributed by atoms with van der Waals surface area (Å²) in [6.45, 7) is 5.95. The number of carboxylic acids is 1. The Morgan fingerprint density at radius 1 is 1.45 bits per heavy atom. The molecule has 20 heavy (non-hydrogen) atoms. The minimum atomic E-state index is -0.814. The van der Waals surface area contributed by atoms with Gasteiger partial charge in [-0.2, -0.15) is 4.98 Å². The van der Waals surface area contributed by atoms with Crippen molar-refractivity contribution in [1.82, 2.24) is 15.0 Å². The van der Waals surface area contributed by atoms with Gasteiger partial charge in [0.1, 0.15) is 0 Å². The third kappa shape index (κ3) is 3.34. The quantitative estimate of drug-likeness (QED) is 0.796. The monoisotopic (exact) mass is 283 g/mol. The van der Waals surface area contributed by atoms with E-state index in [1.165, 1.54) is 0 Å². The summed E-state index contributed by atoms with van der Waals surface area (Å²) in [6.07, 6.45) is 1.72. The van der Waals surface area contributed by atoms with Crippen LogP contribution in [0.25, 0.3) is 0 Å². The van der Waals surface area contributed by atoms with Gasteiger partial charge in [-0.1, -0.05) is 19.0 Å². The zero-order valence-electron chi connectivity index (χ0n) is 11.9. The van der Waals surface area contributed by atoms with Crippen LogP contribution < -0.4 is 0 Å². The lowest BCUT2D eigenvalue weighted by molar-refractivity contribution is -0.143. The van der Waals surface area contributed by atoms with Crippen LogP contribution in [0, 0.1) is 5.92 Å². The van der Waals surface area contributed by atoms with E-state index in [0.717, 1.165) is 19.4 Å². The van der Waals surface area contributed by atoms with Crippen LogP contribution in [0.15, 0.2) is 4.52 Å². The van der Waals surface area contributed by atoms with E-state index < -0.39 is 11.9 Å². The zero-order chi connectivity index (χ0) is 14.5. The molecule has 0 aromatic carbocycles. The number of rotatable bonds is 7. The predicted molar refractivity (Wildman–Crippen MR) is 70.1 cm³/mol. The standard InChI is InChI=1S/C13H21N3O4/c1-3-5-12-14-11(15-20-12)6-16(4-2)10-8-19-7-9(10)13(17)18/h9-10H,3-8H2,1-2H3,(H,17,18). The first-order chi connectivity index (χ1) is 9.65. The van der Waals surface area contributed by atoms with E-state index >= 15 is 0 Å². The molecule has 1 aromatic rings. The number of hydrogen-bond donors (Lipinski definition) is 1. The van der Waals surface area contributed by atoms with Crippen molar-refractivity contribution < 1.29 is 19.2 Å². The van der Waals surface area contributed by atoms with Crippen molar-refractivity contribution in [2.75, 3.05) is 19.8 Å². The zero-order valence-corrected chi connectivity index (χ0v) is 11.9. The smallest absolute Gasteiger partial charge is 0.310 e. The summed E-state index contributed by atoms with van der Waals surface area (Å²) in [6, 6.07) is -0.134. The normalized spacial score (nSPS) is 22.6. The molecule has 2 heterocycles. The Balaban J connectivity index is 2.02. The Kier molecular flexibility index (Phi) is 5.08. The molecule has 2 rings (SSSR count). The van der Waals surface area contributed by atoms with Crippen LogP contribution in [0.5, 0.6) is 0 Å². The minimum absolute atomic E-state index is 0.134. The molecule has 1 aliphatic rings. The average molecular weight is 283 g/mol. The lowest BCUT2D eigenvalue weighted by Gasteiger charge is -2.27. The molecular formula is C13H21N3O4. The number of ether oxygens (including phenoxy) is 1. The van der Waals surface area contributed by atoms with E-state index in [-0.39, 0.29) is 12.6 Å². The third-order valence-electron chi connectivity index (χ3n) is 3.56. The van der Waals surface area contributed by atoms with E-state index in [0.29, 0.717) is 24.9 Å². The fourth-order valence-corrected chi connectivity index (χ4v) is 2.45. The predicted octanol–water partition coefficient (Wildman–Crippen LogP) is 0.944. The molecule has 2 unspecified atom stereocenters. The molecule has 1 saturated heterocycles. The molecule has 1 aliphatic heterocycles. The van der Waals surface area contributed by atoms with Crippen molar-refractivity contribution in [2.24, 2.45) is 5.92 Å². The second kappa shape index (κ2) is 6.81. The summed E-state index contributed by atoms with van der Waals surface area (Å²) < 4.78 is 10.5. The number of likely N-dealkylation sites (N-methyl/N-ethyl adjacent to an activating group) is 1. The Morgan fingerprint density at radius 3 is 2.90 bits per heavy atom. The summed E-state index contributed by atoms with van der Waals surface area (Å²) in [5, 5.41) is 13.2. The van der Waals surface area contributed by atoms with Crippen molar-refractivity contribution >= 4 is 5.97 Å². The van der Waals surface area contributed by atoms with Crippen molar-refractivity contribution in [1.29, 1.82) is 0 Å². The van der Waals surface area contributed by atoms with Crippen LogP contribution >= 0.6 is 0 Å². The second-order valence-corrected chi connectivity index (χ2v) is 4.97. The Morgan fingerprint density at radius 2 is 2.25 bits per heavy atom. The molecule has 7 heteroatoms. The number of carboxylic acid groups (broad SMARTS) is 1. The first-order valence-electron chi connectivity index (χ1n) is 7.01. The highest BCUT2D eigenvalue weighted by atomic mass is 16.5. The van der Waals surface area contributed by atoms with Gasteiger partial charge in [0.2, 0.25) is 5.89 Å². The molecule has 112 valence electrons. The molecule has 1 fully saturated rings. The number of carbonyl (C=O) groups is 1. The summed E-state index contributed by atoms with van der Waals surface area (Å²) in [4.78, 5) is 17.6. The fraction of sp³-hybridized carbons (Fsp3) is 0.769. The van der Waals surface area contributed by atoms with Crippen molar-refractivity contribution in [3.63, 3.8) is 0 Å². The highest BCUT2D eigenvalue weighted by Crippen LogP contribution is 2.21. The number of aromatic nitrogens is 2. The van der Waals surface area contributed by atoms with Crippen LogP contribution in [0.2, 0.25) is 0 Å². The molecular weight excluding hydrogens is 262 g/mol. The number of aliphatic carboxylic acids is 1. The van der Waals surface area contributed by atoms with Gasteiger partial charge in [-0.05, 0) is 13.0 Å². The molecule has 1 N–H and O–H groups in total.